The summed E-state index contributed by atoms with van der Waals surface area (Å²) in [5.41, 5.74) is 0. The van der Waals surface area contributed by atoms with Crippen molar-refractivity contribution in [3.05, 3.63) is 0 Å². The monoisotopic (exact) mass is 288 g/mol. The molecule has 2 fully saturated rings. The molecule has 2 aliphatic heterocycles. The minimum Gasteiger partial charge on any atom is -0.338 e. The number of hydrogen-bond donors (Lipinski definition) is 1. The van der Waals surface area contributed by atoms with Crippen LogP contribution in [0.4, 0.5) is 0 Å². The van der Waals surface area contributed by atoms with E-state index in [9.17, 15) is 13.2 Å². The Hall–Kier alpha value is -0.620. The highest BCUT2D eigenvalue weighted by atomic mass is 32.2. The number of piperidine rings is 1. The van der Waals surface area contributed by atoms with Crippen LogP contribution in [0.25, 0.3) is 0 Å². The SMILES string of the molecule is CCCN(C(=O)C1CCS(=O)(=O)C1)C1CCCNC1. The highest BCUT2D eigenvalue weighted by molar-refractivity contribution is 7.91. The highest BCUT2D eigenvalue weighted by Gasteiger charge is 2.37. The second-order valence-electron chi connectivity index (χ2n) is 5.63. The summed E-state index contributed by atoms with van der Waals surface area (Å²) in [7, 11) is -2.98. The van der Waals surface area contributed by atoms with Crippen LogP contribution in [0.5, 0.6) is 0 Å². The number of hydrogen-bond acceptors (Lipinski definition) is 4. The highest BCUT2D eigenvalue weighted by Crippen LogP contribution is 2.23. The van der Waals surface area contributed by atoms with Crippen LogP contribution in [0.2, 0.25) is 0 Å². The van der Waals surface area contributed by atoms with Crippen LogP contribution in [0.1, 0.15) is 32.6 Å². The lowest BCUT2D eigenvalue weighted by atomic mass is 10.0. The molecule has 0 aromatic carbocycles. The van der Waals surface area contributed by atoms with Gasteiger partial charge in [-0.25, -0.2) is 8.42 Å². The molecule has 2 aliphatic rings. The predicted octanol–water partition coefficient (Wildman–Crippen LogP) is 0.412. The zero-order valence-electron chi connectivity index (χ0n) is 11.6. The molecular weight excluding hydrogens is 264 g/mol. The Morgan fingerprint density at radius 1 is 1.37 bits per heavy atom. The largest absolute Gasteiger partial charge is 0.338 e. The first kappa shape index (κ1) is 14.8. The van der Waals surface area contributed by atoms with Gasteiger partial charge >= 0.3 is 0 Å². The average Bonchev–Trinajstić information content (AvgIpc) is 2.77. The predicted molar refractivity (Wildman–Crippen MR) is 74.7 cm³/mol. The fourth-order valence-electron chi connectivity index (χ4n) is 3.04. The van der Waals surface area contributed by atoms with E-state index >= 15 is 0 Å². The summed E-state index contributed by atoms with van der Waals surface area (Å²) in [4.78, 5) is 14.5. The summed E-state index contributed by atoms with van der Waals surface area (Å²) in [5, 5.41) is 3.32. The number of carbonyl (C=O) groups excluding carboxylic acids is 1. The van der Waals surface area contributed by atoms with Crippen molar-refractivity contribution >= 4 is 15.7 Å². The third-order valence-electron chi connectivity index (χ3n) is 4.04. The van der Waals surface area contributed by atoms with E-state index < -0.39 is 9.84 Å². The maximum Gasteiger partial charge on any atom is 0.227 e. The van der Waals surface area contributed by atoms with Crippen LogP contribution in [-0.2, 0) is 14.6 Å². The maximum atomic E-state index is 12.6. The van der Waals surface area contributed by atoms with E-state index in [1.165, 1.54) is 0 Å². The molecule has 2 rings (SSSR count). The van der Waals surface area contributed by atoms with Gasteiger partial charge in [0.05, 0.1) is 17.4 Å². The number of rotatable bonds is 4. The molecule has 2 unspecified atom stereocenters. The van der Waals surface area contributed by atoms with Crippen molar-refractivity contribution in [2.75, 3.05) is 31.1 Å². The lowest BCUT2D eigenvalue weighted by molar-refractivity contribution is -0.137. The van der Waals surface area contributed by atoms with Crippen molar-refractivity contribution < 1.29 is 13.2 Å². The van der Waals surface area contributed by atoms with E-state index in [-0.39, 0.29) is 29.4 Å². The Morgan fingerprint density at radius 2 is 2.16 bits per heavy atom. The molecular formula is C13H24N2O3S. The molecule has 0 bridgehead atoms. The second kappa shape index (κ2) is 6.22. The van der Waals surface area contributed by atoms with Crippen molar-refractivity contribution in [2.45, 2.75) is 38.6 Å². The zero-order chi connectivity index (χ0) is 13.9. The summed E-state index contributed by atoms with van der Waals surface area (Å²) in [6.45, 7) is 4.65. The van der Waals surface area contributed by atoms with Crippen LogP contribution in [0.3, 0.4) is 0 Å². The first-order valence-corrected chi connectivity index (χ1v) is 9.07. The number of carbonyl (C=O) groups is 1. The lowest BCUT2D eigenvalue weighted by Gasteiger charge is -2.36. The summed E-state index contributed by atoms with van der Waals surface area (Å²) in [6, 6.07) is 0.240. The maximum absolute atomic E-state index is 12.6. The third kappa shape index (κ3) is 3.69. The molecule has 2 saturated heterocycles. The number of nitrogens with one attached hydrogen (secondary N) is 1. The molecule has 6 heteroatoms. The van der Waals surface area contributed by atoms with Gasteiger partial charge in [0.25, 0.3) is 0 Å². The molecule has 0 radical (unpaired) electrons. The van der Waals surface area contributed by atoms with Crippen molar-refractivity contribution in [1.29, 1.82) is 0 Å². The molecule has 1 N–H and O–H groups in total. The van der Waals surface area contributed by atoms with E-state index in [0.29, 0.717) is 6.42 Å². The normalized spacial score (nSPS) is 30.2. The number of nitrogens with zero attached hydrogens (tertiary/aromatic N) is 1. The molecule has 5 nitrogen and oxygen atoms in total. The molecule has 0 spiro atoms. The standard InChI is InChI=1S/C13H24N2O3S/c1-2-7-15(12-4-3-6-14-9-12)13(16)11-5-8-19(17,18)10-11/h11-12,14H,2-10H2,1H3. The van der Waals surface area contributed by atoms with E-state index in [2.05, 4.69) is 12.2 Å². The van der Waals surface area contributed by atoms with Gasteiger partial charge in [0.1, 0.15) is 0 Å². The average molecular weight is 288 g/mol. The molecule has 19 heavy (non-hydrogen) atoms. The molecule has 110 valence electrons. The van der Waals surface area contributed by atoms with Crippen molar-refractivity contribution in [3.63, 3.8) is 0 Å². The third-order valence-corrected chi connectivity index (χ3v) is 5.81. The Labute approximate surface area is 115 Å². The van der Waals surface area contributed by atoms with E-state index in [1.807, 2.05) is 4.90 Å². The Bertz CT molecular complexity index is 416. The molecule has 0 aromatic rings. The Balaban J connectivity index is 2.03. The molecule has 2 atom stereocenters. The fraction of sp³-hybridized carbons (Fsp3) is 0.923. The van der Waals surface area contributed by atoms with Crippen LogP contribution in [-0.4, -0.2) is 56.4 Å². The molecule has 0 aromatic heterocycles. The topological polar surface area (TPSA) is 66.5 Å². The summed E-state index contributed by atoms with van der Waals surface area (Å²) < 4.78 is 23.0. The quantitative estimate of drug-likeness (QED) is 0.814. The van der Waals surface area contributed by atoms with Gasteiger partial charge in [-0.15, -0.1) is 0 Å². The van der Waals surface area contributed by atoms with Crippen LogP contribution in [0, 0.1) is 5.92 Å². The van der Waals surface area contributed by atoms with E-state index in [4.69, 9.17) is 0 Å². The molecule has 0 aliphatic carbocycles. The van der Waals surface area contributed by atoms with E-state index in [1.54, 1.807) is 0 Å². The lowest BCUT2D eigenvalue weighted by Crippen LogP contribution is -2.51. The fourth-order valence-corrected chi connectivity index (χ4v) is 4.77. The van der Waals surface area contributed by atoms with Gasteiger partial charge in [-0.1, -0.05) is 6.92 Å². The van der Waals surface area contributed by atoms with Gasteiger partial charge in [0.2, 0.25) is 5.91 Å². The summed E-state index contributed by atoms with van der Waals surface area (Å²) >= 11 is 0. The smallest absolute Gasteiger partial charge is 0.227 e. The second-order valence-corrected chi connectivity index (χ2v) is 7.86. The van der Waals surface area contributed by atoms with Crippen LogP contribution < -0.4 is 5.32 Å². The van der Waals surface area contributed by atoms with E-state index in [0.717, 1.165) is 38.9 Å². The Morgan fingerprint density at radius 3 is 2.68 bits per heavy atom. The number of sulfone groups is 1. The van der Waals surface area contributed by atoms with Gasteiger partial charge in [-0.3, -0.25) is 4.79 Å². The number of amides is 1. The van der Waals surface area contributed by atoms with Gasteiger partial charge in [-0.05, 0) is 32.2 Å². The molecule has 1 amide bonds. The molecule has 0 saturated carbocycles. The van der Waals surface area contributed by atoms with Gasteiger partial charge in [0.15, 0.2) is 9.84 Å². The van der Waals surface area contributed by atoms with Crippen molar-refractivity contribution in [1.82, 2.24) is 10.2 Å². The minimum absolute atomic E-state index is 0.0478. The first-order chi connectivity index (χ1) is 9.03. The van der Waals surface area contributed by atoms with Gasteiger partial charge < -0.3 is 10.2 Å². The van der Waals surface area contributed by atoms with Crippen molar-refractivity contribution in [3.8, 4) is 0 Å². The summed E-state index contributed by atoms with van der Waals surface area (Å²) in [5.74, 6) is -0.0338. The molecule has 2 heterocycles. The zero-order valence-corrected chi connectivity index (χ0v) is 12.4. The van der Waals surface area contributed by atoms with Gasteiger partial charge in [0, 0.05) is 19.1 Å². The van der Waals surface area contributed by atoms with Crippen LogP contribution >= 0.6 is 0 Å². The minimum atomic E-state index is -2.98. The van der Waals surface area contributed by atoms with Gasteiger partial charge in [-0.2, -0.15) is 0 Å². The van der Waals surface area contributed by atoms with Crippen molar-refractivity contribution in [2.24, 2.45) is 5.92 Å². The summed E-state index contributed by atoms with van der Waals surface area (Å²) in [6.07, 6.45) is 3.53. The Kier molecular flexibility index (Phi) is 4.84. The van der Waals surface area contributed by atoms with Crippen LogP contribution in [0.15, 0.2) is 0 Å². The first-order valence-electron chi connectivity index (χ1n) is 7.25.